The molecule has 6 heteroatoms. The zero-order valence-electron chi connectivity index (χ0n) is 12.0. The predicted molar refractivity (Wildman–Crippen MR) is 70.8 cm³/mol. The van der Waals surface area contributed by atoms with E-state index in [1.807, 2.05) is 0 Å². The van der Waals surface area contributed by atoms with Crippen molar-refractivity contribution in [3.05, 3.63) is 23.8 Å². The molecule has 0 saturated carbocycles. The molecule has 1 rings (SSSR count). The smallest absolute Gasteiger partial charge is 0.347 e. The van der Waals surface area contributed by atoms with Gasteiger partial charge in [-0.15, -0.1) is 0 Å². The van der Waals surface area contributed by atoms with E-state index in [2.05, 4.69) is 4.74 Å². The predicted octanol–water partition coefficient (Wildman–Crippen LogP) is 1.35. The molecule has 6 nitrogen and oxygen atoms in total. The van der Waals surface area contributed by atoms with Crippen molar-refractivity contribution < 1.29 is 28.5 Å². The summed E-state index contributed by atoms with van der Waals surface area (Å²) in [5, 5.41) is 0. The van der Waals surface area contributed by atoms with Gasteiger partial charge in [-0.05, 0) is 17.7 Å². The van der Waals surface area contributed by atoms with Gasteiger partial charge >= 0.3 is 11.9 Å². The number of carbonyl (C=O) groups excluding carboxylic acids is 2. The van der Waals surface area contributed by atoms with Gasteiger partial charge in [0.05, 0.1) is 21.3 Å². The first-order chi connectivity index (χ1) is 9.51. The molecule has 0 fully saturated rings. The molecule has 0 aliphatic heterocycles. The van der Waals surface area contributed by atoms with Crippen molar-refractivity contribution in [2.24, 2.45) is 0 Å². The van der Waals surface area contributed by atoms with Gasteiger partial charge in [-0.25, -0.2) is 4.79 Å². The molecule has 1 aromatic rings. The first-order valence-corrected chi connectivity index (χ1v) is 5.97. The Morgan fingerprint density at radius 2 is 1.75 bits per heavy atom. The number of rotatable bonds is 6. The molecular formula is C14H18O6. The lowest BCUT2D eigenvalue weighted by Gasteiger charge is -2.15. The molecule has 1 unspecified atom stereocenters. The fourth-order valence-electron chi connectivity index (χ4n) is 1.73. The van der Waals surface area contributed by atoms with Crippen LogP contribution in [0, 0.1) is 0 Å². The van der Waals surface area contributed by atoms with Crippen molar-refractivity contribution in [2.75, 3.05) is 21.3 Å². The monoisotopic (exact) mass is 282 g/mol. The standard InChI is InChI=1S/C14H18O6/c1-9(15)20-13(14(16)19-4)8-10-5-6-11(17-2)12(7-10)18-3/h5-7,13H,8H2,1-4H3. The van der Waals surface area contributed by atoms with E-state index in [0.29, 0.717) is 11.5 Å². The maximum Gasteiger partial charge on any atom is 0.347 e. The van der Waals surface area contributed by atoms with Crippen molar-refractivity contribution in [3.63, 3.8) is 0 Å². The quantitative estimate of drug-likeness (QED) is 0.733. The van der Waals surface area contributed by atoms with Crippen LogP contribution in [0.25, 0.3) is 0 Å². The van der Waals surface area contributed by atoms with Crippen LogP contribution in [0.15, 0.2) is 18.2 Å². The van der Waals surface area contributed by atoms with Crippen LogP contribution in [-0.2, 0) is 25.5 Å². The lowest BCUT2D eigenvalue weighted by Crippen LogP contribution is -2.29. The SMILES string of the molecule is COC(=O)C(Cc1ccc(OC)c(OC)c1)OC(C)=O. The number of carbonyl (C=O) groups is 2. The Labute approximate surface area is 117 Å². The fraction of sp³-hybridized carbons (Fsp3) is 0.429. The normalized spacial score (nSPS) is 11.4. The topological polar surface area (TPSA) is 71.1 Å². The highest BCUT2D eigenvalue weighted by Crippen LogP contribution is 2.28. The minimum atomic E-state index is -0.976. The van der Waals surface area contributed by atoms with Crippen LogP contribution in [0.1, 0.15) is 12.5 Å². The number of hydrogen-bond donors (Lipinski definition) is 0. The Hall–Kier alpha value is -2.24. The maximum atomic E-state index is 11.6. The summed E-state index contributed by atoms with van der Waals surface area (Å²) < 4.78 is 19.9. The molecule has 110 valence electrons. The van der Waals surface area contributed by atoms with E-state index >= 15 is 0 Å². The zero-order valence-corrected chi connectivity index (χ0v) is 12.0. The first kappa shape index (κ1) is 15.8. The Morgan fingerprint density at radius 3 is 2.25 bits per heavy atom. The van der Waals surface area contributed by atoms with Crippen LogP contribution in [0.3, 0.4) is 0 Å². The van der Waals surface area contributed by atoms with Crippen LogP contribution in [0.2, 0.25) is 0 Å². The number of benzene rings is 1. The third-order valence-electron chi connectivity index (χ3n) is 2.64. The maximum absolute atomic E-state index is 11.6. The van der Waals surface area contributed by atoms with E-state index < -0.39 is 18.0 Å². The zero-order chi connectivity index (χ0) is 15.1. The molecule has 0 aliphatic carbocycles. The molecule has 0 heterocycles. The largest absolute Gasteiger partial charge is 0.493 e. The van der Waals surface area contributed by atoms with Crippen LogP contribution < -0.4 is 9.47 Å². The molecule has 0 aliphatic rings. The highest BCUT2D eigenvalue weighted by Gasteiger charge is 2.23. The molecule has 0 saturated heterocycles. The number of methoxy groups -OCH3 is 3. The summed E-state index contributed by atoms with van der Waals surface area (Å²) in [5.74, 6) is -0.0225. The lowest BCUT2D eigenvalue weighted by molar-refractivity contribution is -0.164. The van der Waals surface area contributed by atoms with Gasteiger partial charge in [-0.3, -0.25) is 4.79 Å². The van der Waals surface area contributed by atoms with Gasteiger partial charge in [0.15, 0.2) is 11.5 Å². The van der Waals surface area contributed by atoms with Gasteiger partial charge < -0.3 is 18.9 Å². The molecule has 0 radical (unpaired) electrons. The first-order valence-electron chi connectivity index (χ1n) is 5.97. The summed E-state index contributed by atoms with van der Waals surface area (Å²) in [6.45, 7) is 1.24. The van der Waals surface area contributed by atoms with Gasteiger partial charge in [-0.1, -0.05) is 6.07 Å². The highest BCUT2D eigenvalue weighted by atomic mass is 16.6. The molecule has 0 aromatic heterocycles. The second kappa shape index (κ2) is 7.37. The summed E-state index contributed by atoms with van der Waals surface area (Å²) in [6, 6.07) is 5.20. The second-order valence-corrected chi connectivity index (χ2v) is 4.01. The van der Waals surface area contributed by atoms with Crippen LogP contribution >= 0.6 is 0 Å². The van der Waals surface area contributed by atoms with Crippen molar-refractivity contribution in [3.8, 4) is 11.5 Å². The van der Waals surface area contributed by atoms with Crippen molar-refractivity contribution >= 4 is 11.9 Å². The molecule has 0 N–H and O–H groups in total. The van der Waals surface area contributed by atoms with E-state index in [0.717, 1.165) is 5.56 Å². The molecule has 20 heavy (non-hydrogen) atoms. The average molecular weight is 282 g/mol. The van der Waals surface area contributed by atoms with Gasteiger partial charge in [0.1, 0.15) is 0 Å². The second-order valence-electron chi connectivity index (χ2n) is 4.01. The summed E-state index contributed by atoms with van der Waals surface area (Å²) in [4.78, 5) is 22.6. The van der Waals surface area contributed by atoms with Crippen LogP contribution in [0.4, 0.5) is 0 Å². The molecule has 0 amide bonds. The van der Waals surface area contributed by atoms with Crippen LogP contribution in [0.5, 0.6) is 11.5 Å². The number of ether oxygens (including phenoxy) is 4. The third-order valence-corrected chi connectivity index (χ3v) is 2.64. The fourth-order valence-corrected chi connectivity index (χ4v) is 1.73. The van der Waals surface area contributed by atoms with Crippen LogP contribution in [-0.4, -0.2) is 39.4 Å². The van der Waals surface area contributed by atoms with Gasteiger partial charge in [0, 0.05) is 13.3 Å². The molecule has 0 bridgehead atoms. The van der Waals surface area contributed by atoms with Gasteiger partial charge in [0.2, 0.25) is 6.10 Å². The number of esters is 2. The third kappa shape index (κ3) is 4.15. The highest BCUT2D eigenvalue weighted by molar-refractivity contribution is 5.78. The van der Waals surface area contributed by atoms with E-state index in [4.69, 9.17) is 14.2 Å². The summed E-state index contributed by atoms with van der Waals surface area (Å²) in [7, 11) is 4.30. The van der Waals surface area contributed by atoms with Crippen molar-refractivity contribution in [1.82, 2.24) is 0 Å². The van der Waals surface area contributed by atoms with E-state index in [1.54, 1.807) is 18.2 Å². The number of hydrogen-bond acceptors (Lipinski definition) is 6. The molecular weight excluding hydrogens is 264 g/mol. The van der Waals surface area contributed by atoms with E-state index in [9.17, 15) is 9.59 Å². The minimum absolute atomic E-state index is 0.201. The Kier molecular flexibility index (Phi) is 5.83. The van der Waals surface area contributed by atoms with Gasteiger partial charge in [-0.2, -0.15) is 0 Å². The lowest BCUT2D eigenvalue weighted by atomic mass is 10.1. The van der Waals surface area contributed by atoms with Crippen molar-refractivity contribution in [2.45, 2.75) is 19.4 Å². The van der Waals surface area contributed by atoms with E-state index in [-0.39, 0.29) is 6.42 Å². The molecule has 0 spiro atoms. The summed E-state index contributed by atoms with van der Waals surface area (Å²) >= 11 is 0. The van der Waals surface area contributed by atoms with E-state index in [1.165, 1.54) is 28.3 Å². The Morgan fingerprint density at radius 1 is 1.10 bits per heavy atom. The van der Waals surface area contributed by atoms with Gasteiger partial charge in [0.25, 0.3) is 0 Å². The average Bonchev–Trinajstić information content (AvgIpc) is 2.45. The Bertz CT molecular complexity index is 483. The molecule has 1 aromatic carbocycles. The summed E-state index contributed by atoms with van der Waals surface area (Å²) in [6.07, 6.45) is -0.775. The summed E-state index contributed by atoms with van der Waals surface area (Å²) in [5.41, 5.74) is 0.763. The Balaban J connectivity index is 2.93. The van der Waals surface area contributed by atoms with Crippen molar-refractivity contribution in [1.29, 1.82) is 0 Å². The molecule has 1 atom stereocenters. The minimum Gasteiger partial charge on any atom is -0.493 e.